The molecule has 0 saturated carbocycles. The summed E-state index contributed by atoms with van der Waals surface area (Å²) in [6, 6.07) is 0. The molecule has 0 aliphatic carbocycles. The zero-order valence-electron chi connectivity index (χ0n) is 5.26. The lowest BCUT2D eigenvalue weighted by atomic mass is 10.6. The standard InChI is InChI=1S/C5H13N2O/c1-3-8-7(2)5-4-6/h1,3-6H2,2H3. The zero-order chi connectivity index (χ0) is 6.41. The molecular formula is C5H13N2O. The van der Waals surface area contributed by atoms with Crippen molar-refractivity contribution in [3.8, 4) is 0 Å². The van der Waals surface area contributed by atoms with Gasteiger partial charge in [-0.1, -0.05) is 0 Å². The number of nitrogens with two attached hydrogens (primary N) is 1. The van der Waals surface area contributed by atoms with E-state index in [1.165, 1.54) is 0 Å². The van der Waals surface area contributed by atoms with Gasteiger partial charge < -0.3 is 5.73 Å². The Morgan fingerprint density at radius 1 is 1.75 bits per heavy atom. The number of rotatable bonds is 4. The van der Waals surface area contributed by atoms with Crippen LogP contribution in [0, 0.1) is 6.92 Å². The molecule has 0 unspecified atom stereocenters. The van der Waals surface area contributed by atoms with Gasteiger partial charge in [0.25, 0.3) is 0 Å². The third kappa shape index (κ3) is 4.05. The van der Waals surface area contributed by atoms with E-state index in [0.717, 1.165) is 6.54 Å². The first-order chi connectivity index (χ1) is 3.81. The Hall–Kier alpha value is -0.120. The normalized spacial score (nSPS) is 10.5. The maximum absolute atomic E-state index is 5.22. The maximum Gasteiger partial charge on any atom is 0.0685 e. The molecule has 0 spiro atoms. The lowest BCUT2D eigenvalue weighted by Crippen LogP contribution is -2.25. The molecule has 0 atom stereocenters. The van der Waals surface area contributed by atoms with E-state index in [-0.39, 0.29) is 0 Å². The average molecular weight is 117 g/mol. The SMILES string of the molecule is [CH2]CON(C)CCN. The van der Waals surface area contributed by atoms with Crippen LogP contribution < -0.4 is 5.73 Å². The van der Waals surface area contributed by atoms with Crippen molar-refractivity contribution in [3.05, 3.63) is 6.92 Å². The van der Waals surface area contributed by atoms with Crippen LogP contribution >= 0.6 is 0 Å². The van der Waals surface area contributed by atoms with E-state index in [1.54, 1.807) is 5.06 Å². The van der Waals surface area contributed by atoms with Crippen molar-refractivity contribution >= 4 is 0 Å². The summed E-state index contributed by atoms with van der Waals surface area (Å²) in [5.74, 6) is 0. The molecule has 0 rings (SSSR count). The zero-order valence-corrected chi connectivity index (χ0v) is 5.26. The molecule has 1 radical (unpaired) electrons. The molecule has 0 aromatic heterocycles. The van der Waals surface area contributed by atoms with Crippen molar-refractivity contribution in [1.82, 2.24) is 5.06 Å². The lowest BCUT2D eigenvalue weighted by Gasteiger charge is -2.12. The van der Waals surface area contributed by atoms with Gasteiger partial charge in [-0.25, -0.2) is 0 Å². The van der Waals surface area contributed by atoms with Crippen molar-refractivity contribution in [1.29, 1.82) is 0 Å². The molecule has 0 bridgehead atoms. The molecule has 0 aliphatic heterocycles. The molecule has 0 saturated heterocycles. The Kier molecular flexibility index (Phi) is 4.95. The van der Waals surface area contributed by atoms with Gasteiger partial charge in [-0.15, -0.1) is 0 Å². The third-order valence-corrected chi connectivity index (χ3v) is 0.756. The summed E-state index contributed by atoms with van der Waals surface area (Å²) >= 11 is 0. The Morgan fingerprint density at radius 3 is 2.75 bits per heavy atom. The smallest absolute Gasteiger partial charge is 0.0685 e. The van der Waals surface area contributed by atoms with Crippen LogP contribution in [0.2, 0.25) is 0 Å². The third-order valence-electron chi connectivity index (χ3n) is 0.756. The van der Waals surface area contributed by atoms with Gasteiger partial charge in [0.15, 0.2) is 0 Å². The minimum atomic E-state index is 0.469. The van der Waals surface area contributed by atoms with Crippen LogP contribution in [0.4, 0.5) is 0 Å². The minimum Gasteiger partial charge on any atom is -0.329 e. The fraction of sp³-hybridized carbons (Fsp3) is 0.800. The van der Waals surface area contributed by atoms with Crippen molar-refractivity contribution in [2.24, 2.45) is 5.73 Å². The van der Waals surface area contributed by atoms with Gasteiger partial charge in [-0.3, -0.25) is 4.84 Å². The monoisotopic (exact) mass is 117 g/mol. The summed E-state index contributed by atoms with van der Waals surface area (Å²) in [4.78, 5) is 4.92. The molecule has 8 heavy (non-hydrogen) atoms. The van der Waals surface area contributed by atoms with E-state index >= 15 is 0 Å². The molecule has 0 heterocycles. The van der Waals surface area contributed by atoms with Gasteiger partial charge in [0, 0.05) is 20.1 Å². The number of hydroxylamine groups is 2. The first kappa shape index (κ1) is 7.88. The Labute approximate surface area is 50.4 Å². The quantitative estimate of drug-likeness (QED) is 0.511. The van der Waals surface area contributed by atoms with Crippen molar-refractivity contribution in [3.63, 3.8) is 0 Å². The largest absolute Gasteiger partial charge is 0.329 e. The van der Waals surface area contributed by atoms with Crippen molar-refractivity contribution < 1.29 is 4.84 Å². The summed E-state index contributed by atoms with van der Waals surface area (Å²) < 4.78 is 0. The molecular weight excluding hydrogens is 104 g/mol. The Balaban J connectivity index is 2.92. The molecule has 3 nitrogen and oxygen atoms in total. The van der Waals surface area contributed by atoms with Gasteiger partial charge in [0.05, 0.1) is 6.61 Å². The Morgan fingerprint density at radius 2 is 2.38 bits per heavy atom. The fourth-order valence-corrected chi connectivity index (χ4v) is 0.402. The van der Waals surface area contributed by atoms with Gasteiger partial charge >= 0.3 is 0 Å². The molecule has 3 heteroatoms. The van der Waals surface area contributed by atoms with E-state index in [4.69, 9.17) is 10.6 Å². The van der Waals surface area contributed by atoms with E-state index < -0.39 is 0 Å². The van der Waals surface area contributed by atoms with Crippen LogP contribution in [0.3, 0.4) is 0 Å². The second kappa shape index (κ2) is 5.03. The van der Waals surface area contributed by atoms with Crippen LogP contribution in [0.1, 0.15) is 0 Å². The highest BCUT2D eigenvalue weighted by atomic mass is 16.7. The van der Waals surface area contributed by atoms with Crippen LogP contribution in [-0.2, 0) is 4.84 Å². The fourth-order valence-electron chi connectivity index (χ4n) is 0.402. The minimum absolute atomic E-state index is 0.469. The number of hydrogen-bond acceptors (Lipinski definition) is 3. The van der Waals surface area contributed by atoms with Crippen molar-refractivity contribution in [2.75, 3.05) is 26.7 Å². The van der Waals surface area contributed by atoms with Crippen LogP contribution in [0.15, 0.2) is 0 Å². The summed E-state index contributed by atoms with van der Waals surface area (Å²) in [5.41, 5.74) is 5.22. The van der Waals surface area contributed by atoms with Gasteiger partial charge in [-0.05, 0) is 6.92 Å². The summed E-state index contributed by atoms with van der Waals surface area (Å²) in [6.45, 7) is 5.35. The second-order valence-corrected chi connectivity index (χ2v) is 1.47. The topological polar surface area (TPSA) is 38.5 Å². The molecule has 2 N–H and O–H groups in total. The average Bonchev–Trinajstić information content (AvgIpc) is 1.68. The molecule has 0 aliphatic rings. The molecule has 49 valence electrons. The molecule has 0 aromatic rings. The molecule has 0 aromatic carbocycles. The van der Waals surface area contributed by atoms with E-state index in [9.17, 15) is 0 Å². The predicted molar refractivity (Wildman–Crippen MR) is 33.0 cm³/mol. The molecule has 0 fully saturated rings. The van der Waals surface area contributed by atoms with Gasteiger partial charge in [-0.2, -0.15) is 5.06 Å². The summed E-state index contributed by atoms with van der Waals surface area (Å²) in [6.07, 6.45) is 0. The maximum atomic E-state index is 5.22. The highest BCUT2D eigenvalue weighted by Gasteiger charge is 1.90. The summed E-state index contributed by atoms with van der Waals surface area (Å²) in [7, 11) is 1.83. The lowest BCUT2D eigenvalue weighted by molar-refractivity contribution is -0.125. The van der Waals surface area contributed by atoms with Crippen LogP contribution in [0.5, 0.6) is 0 Å². The number of hydrogen-bond donors (Lipinski definition) is 1. The van der Waals surface area contributed by atoms with E-state index in [1.807, 2.05) is 7.05 Å². The van der Waals surface area contributed by atoms with E-state index in [2.05, 4.69) is 6.92 Å². The molecule has 0 amide bonds. The predicted octanol–water partition coefficient (Wildman–Crippen LogP) is -0.357. The van der Waals surface area contributed by atoms with Gasteiger partial charge in [0.2, 0.25) is 0 Å². The van der Waals surface area contributed by atoms with Crippen molar-refractivity contribution in [2.45, 2.75) is 0 Å². The first-order valence-electron chi connectivity index (χ1n) is 2.64. The van der Waals surface area contributed by atoms with E-state index in [0.29, 0.717) is 13.2 Å². The van der Waals surface area contributed by atoms with Crippen LogP contribution in [0.25, 0.3) is 0 Å². The summed E-state index contributed by atoms with van der Waals surface area (Å²) in [5, 5.41) is 1.67. The second-order valence-electron chi connectivity index (χ2n) is 1.47. The Bertz CT molecular complexity index is 43.7. The highest BCUT2D eigenvalue weighted by Crippen LogP contribution is 1.79. The van der Waals surface area contributed by atoms with Gasteiger partial charge in [0.1, 0.15) is 0 Å². The highest BCUT2D eigenvalue weighted by molar-refractivity contribution is 4.37. The van der Waals surface area contributed by atoms with Crippen LogP contribution in [-0.4, -0.2) is 31.8 Å². The number of nitrogens with zero attached hydrogens (tertiary/aromatic N) is 1. The number of likely N-dealkylation sites (N-methyl/N-ethyl adjacent to an activating group) is 1. The first-order valence-corrected chi connectivity index (χ1v) is 2.64.